The van der Waals surface area contributed by atoms with Crippen LogP contribution < -0.4 is 5.32 Å². The molecule has 0 radical (unpaired) electrons. The van der Waals surface area contributed by atoms with E-state index in [1.807, 2.05) is 0 Å². The Hall–Kier alpha value is -0.610. The molecule has 0 aromatic rings. The highest BCUT2D eigenvalue weighted by molar-refractivity contribution is 5.69. The molecule has 0 aliphatic rings. The van der Waals surface area contributed by atoms with Crippen LogP contribution in [0.3, 0.4) is 0 Å². The van der Waals surface area contributed by atoms with E-state index in [9.17, 15) is 4.79 Å². The van der Waals surface area contributed by atoms with Crippen LogP contribution in [0.5, 0.6) is 0 Å². The second kappa shape index (κ2) is 7.50. The predicted octanol–water partition coefficient (Wildman–Crippen LogP) is -0.215. The molecule has 0 aromatic carbocycles. The Bertz CT molecular complexity index is 106. The summed E-state index contributed by atoms with van der Waals surface area (Å²) in [6.45, 7) is 1.47. The van der Waals surface area contributed by atoms with Crippen LogP contribution >= 0.6 is 0 Å². The van der Waals surface area contributed by atoms with Crippen LogP contribution in [-0.4, -0.2) is 39.9 Å². The van der Waals surface area contributed by atoms with Gasteiger partial charge in [-0.05, 0) is 7.05 Å². The monoisotopic (exact) mass is 161 g/mol. The van der Waals surface area contributed by atoms with Gasteiger partial charge >= 0.3 is 5.97 Å². The van der Waals surface area contributed by atoms with E-state index in [2.05, 4.69) is 5.32 Å². The van der Waals surface area contributed by atoms with Crippen molar-refractivity contribution in [1.29, 1.82) is 0 Å². The van der Waals surface area contributed by atoms with Crippen molar-refractivity contribution in [3.05, 3.63) is 0 Å². The fourth-order valence-electron chi connectivity index (χ4n) is 0.538. The average molecular weight is 161 g/mol. The van der Waals surface area contributed by atoms with Gasteiger partial charge in [0.2, 0.25) is 0 Å². The molecule has 0 spiro atoms. The van der Waals surface area contributed by atoms with E-state index in [4.69, 9.17) is 9.47 Å². The molecule has 0 rings (SSSR count). The van der Waals surface area contributed by atoms with Crippen LogP contribution in [0.1, 0.15) is 6.42 Å². The third-order valence-electron chi connectivity index (χ3n) is 1.13. The zero-order valence-corrected chi connectivity index (χ0v) is 7.05. The van der Waals surface area contributed by atoms with Crippen molar-refractivity contribution in [2.45, 2.75) is 6.42 Å². The molecule has 0 saturated heterocycles. The van der Waals surface area contributed by atoms with Gasteiger partial charge in [0.15, 0.2) is 0 Å². The minimum absolute atomic E-state index is 0.184. The molecule has 0 saturated carbocycles. The molecule has 66 valence electrons. The summed E-state index contributed by atoms with van der Waals surface area (Å²) in [6.07, 6.45) is 0.417. The number of methoxy groups -OCH3 is 1. The van der Waals surface area contributed by atoms with Crippen LogP contribution in [0.2, 0.25) is 0 Å². The van der Waals surface area contributed by atoms with Crippen LogP contribution in [0.15, 0.2) is 0 Å². The topological polar surface area (TPSA) is 47.6 Å². The highest BCUT2D eigenvalue weighted by Crippen LogP contribution is 1.84. The summed E-state index contributed by atoms with van der Waals surface area (Å²) in [5.74, 6) is -0.184. The smallest absolute Gasteiger partial charge is 0.307 e. The summed E-state index contributed by atoms with van der Waals surface area (Å²) in [5, 5.41) is 2.86. The first kappa shape index (κ1) is 10.4. The maximum atomic E-state index is 10.8. The van der Waals surface area contributed by atoms with Gasteiger partial charge in [-0.25, -0.2) is 0 Å². The van der Waals surface area contributed by atoms with Crippen LogP contribution in [-0.2, 0) is 14.3 Å². The highest BCUT2D eigenvalue weighted by Gasteiger charge is 1.99. The summed E-state index contributed by atoms with van der Waals surface area (Å²) in [6, 6.07) is 0. The predicted molar refractivity (Wildman–Crippen MR) is 41.4 cm³/mol. The normalized spacial score (nSPS) is 9.64. The molecule has 0 fully saturated rings. The van der Waals surface area contributed by atoms with E-state index >= 15 is 0 Å². The molecule has 0 atom stereocenters. The molecule has 4 nitrogen and oxygen atoms in total. The van der Waals surface area contributed by atoms with Crippen molar-refractivity contribution in [2.75, 3.05) is 33.9 Å². The van der Waals surface area contributed by atoms with Crippen molar-refractivity contribution in [3.8, 4) is 0 Å². The van der Waals surface area contributed by atoms with Gasteiger partial charge < -0.3 is 14.8 Å². The summed E-state index contributed by atoms with van der Waals surface area (Å²) >= 11 is 0. The second-order valence-corrected chi connectivity index (χ2v) is 2.07. The number of ether oxygens (including phenoxy) is 2. The molecule has 0 amide bonds. The molecule has 0 unspecified atom stereocenters. The van der Waals surface area contributed by atoms with Gasteiger partial charge in [0.1, 0.15) is 6.61 Å². The largest absolute Gasteiger partial charge is 0.463 e. The van der Waals surface area contributed by atoms with Gasteiger partial charge in [-0.3, -0.25) is 4.79 Å². The van der Waals surface area contributed by atoms with Crippen molar-refractivity contribution in [3.63, 3.8) is 0 Å². The minimum Gasteiger partial charge on any atom is -0.463 e. The fourth-order valence-corrected chi connectivity index (χ4v) is 0.538. The van der Waals surface area contributed by atoms with Crippen LogP contribution in [0.25, 0.3) is 0 Å². The Morgan fingerprint density at radius 1 is 1.45 bits per heavy atom. The van der Waals surface area contributed by atoms with Crippen molar-refractivity contribution in [1.82, 2.24) is 5.32 Å². The first-order valence-electron chi connectivity index (χ1n) is 3.60. The van der Waals surface area contributed by atoms with E-state index in [1.54, 1.807) is 14.2 Å². The van der Waals surface area contributed by atoms with Crippen LogP contribution in [0, 0.1) is 0 Å². The van der Waals surface area contributed by atoms with E-state index in [-0.39, 0.29) is 5.97 Å². The molecule has 4 heteroatoms. The molecule has 1 N–H and O–H groups in total. The lowest BCUT2D eigenvalue weighted by molar-refractivity contribution is -0.144. The zero-order valence-electron chi connectivity index (χ0n) is 7.05. The number of hydrogen-bond donors (Lipinski definition) is 1. The third-order valence-corrected chi connectivity index (χ3v) is 1.13. The molecular formula is C7H15NO3. The van der Waals surface area contributed by atoms with E-state index in [0.29, 0.717) is 26.2 Å². The Morgan fingerprint density at radius 3 is 2.73 bits per heavy atom. The Labute approximate surface area is 66.9 Å². The highest BCUT2D eigenvalue weighted by atomic mass is 16.6. The number of nitrogens with one attached hydrogen (secondary N) is 1. The molecule has 0 aliphatic heterocycles. The molecule has 0 aromatic heterocycles. The quantitative estimate of drug-likeness (QED) is 0.432. The third kappa shape index (κ3) is 7.29. The lowest BCUT2D eigenvalue weighted by atomic mass is 10.4. The molecule has 0 aliphatic carbocycles. The number of hydrogen-bond acceptors (Lipinski definition) is 4. The first-order valence-corrected chi connectivity index (χ1v) is 3.60. The van der Waals surface area contributed by atoms with Crippen molar-refractivity contribution >= 4 is 5.97 Å². The first-order chi connectivity index (χ1) is 5.31. The summed E-state index contributed by atoms with van der Waals surface area (Å²) in [4.78, 5) is 10.8. The van der Waals surface area contributed by atoms with Crippen LogP contribution in [0.4, 0.5) is 0 Å². The van der Waals surface area contributed by atoms with Crippen molar-refractivity contribution in [2.24, 2.45) is 0 Å². The number of carbonyl (C=O) groups excluding carboxylic acids is 1. The van der Waals surface area contributed by atoms with Gasteiger partial charge in [-0.1, -0.05) is 0 Å². The van der Waals surface area contributed by atoms with E-state index < -0.39 is 0 Å². The molecular weight excluding hydrogens is 146 g/mol. The minimum atomic E-state index is -0.184. The zero-order chi connectivity index (χ0) is 8.53. The SMILES string of the molecule is CNCCC(=O)OCCOC. The number of esters is 1. The lowest BCUT2D eigenvalue weighted by Gasteiger charge is -2.02. The van der Waals surface area contributed by atoms with Gasteiger partial charge in [-0.15, -0.1) is 0 Å². The number of rotatable bonds is 6. The Morgan fingerprint density at radius 2 is 2.18 bits per heavy atom. The summed E-state index contributed by atoms with van der Waals surface area (Å²) < 4.78 is 9.48. The van der Waals surface area contributed by atoms with Gasteiger partial charge in [0.25, 0.3) is 0 Å². The summed E-state index contributed by atoms with van der Waals surface area (Å²) in [7, 11) is 3.36. The van der Waals surface area contributed by atoms with E-state index in [1.165, 1.54) is 0 Å². The Balaban J connectivity index is 3.09. The maximum Gasteiger partial charge on any atom is 0.307 e. The van der Waals surface area contributed by atoms with Gasteiger partial charge in [0, 0.05) is 13.7 Å². The molecule has 0 bridgehead atoms. The van der Waals surface area contributed by atoms with E-state index in [0.717, 1.165) is 0 Å². The second-order valence-electron chi connectivity index (χ2n) is 2.07. The maximum absolute atomic E-state index is 10.8. The Kier molecular flexibility index (Phi) is 7.08. The molecule has 0 heterocycles. The average Bonchev–Trinajstić information content (AvgIpc) is 2.01. The number of carbonyl (C=O) groups is 1. The van der Waals surface area contributed by atoms with Crippen molar-refractivity contribution < 1.29 is 14.3 Å². The molecule has 11 heavy (non-hydrogen) atoms. The van der Waals surface area contributed by atoms with Gasteiger partial charge in [-0.2, -0.15) is 0 Å². The summed E-state index contributed by atoms with van der Waals surface area (Å²) in [5.41, 5.74) is 0. The fraction of sp³-hybridized carbons (Fsp3) is 0.857. The lowest BCUT2D eigenvalue weighted by Crippen LogP contribution is -2.16. The van der Waals surface area contributed by atoms with Gasteiger partial charge in [0.05, 0.1) is 13.0 Å². The standard InChI is InChI=1S/C7H15NO3/c1-8-4-3-7(9)11-6-5-10-2/h8H,3-6H2,1-2H3.